The van der Waals surface area contributed by atoms with Crippen LogP contribution >= 0.6 is 0 Å². The Labute approximate surface area is 94.7 Å². The zero-order valence-corrected chi connectivity index (χ0v) is 9.68. The van der Waals surface area contributed by atoms with Crippen LogP contribution in [0.2, 0.25) is 0 Å². The molecule has 1 heterocycles. The summed E-state index contributed by atoms with van der Waals surface area (Å²) < 4.78 is 13.1. The number of H-pyrrole nitrogens is 1. The lowest BCUT2D eigenvalue weighted by atomic mass is 10.1. The number of hydrogen-bond donors (Lipinski definition) is 2. The zero-order chi connectivity index (χ0) is 11.7. The Morgan fingerprint density at radius 1 is 1.44 bits per heavy atom. The van der Waals surface area contributed by atoms with Gasteiger partial charge in [-0.05, 0) is 37.1 Å². The molecule has 0 saturated heterocycles. The molecule has 0 amide bonds. The Hall–Kier alpha value is -1.35. The summed E-state index contributed by atoms with van der Waals surface area (Å²) in [5.41, 5.74) is 9.15. The lowest BCUT2D eigenvalue weighted by Gasteiger charge is -2.07. The van der Waals surface area contributed by atoms with Gasteiger partial charge in [-0.1, -0.05) is 6.92 Å². The summed E-state index contributed by atoms with van der Waals surface area (Å²) in [6.45, 7) is 4.08. The van der Waals surface area contributed by atoms with Crippen LogP contribution in [0.25, 0.3) is 10.9 Å². The molecule has 0 aliphatic carbocycles. The highest BCUT2D eigenvalue weighted by Crippen LogP contribution is 2.23. The van der Waals surface area contributed by atoms with Crippen molar-refractivity contribution in [2.75, 3.05) is 0 Å². The molecule has 3 N–H and O–H groups in total. The molecule has 16 heavy (non-hydrogen) atoms. The van der Waals surface area contributed by atoms with Gasteiger partial charge in [-0.2, -0.15) is 0 Å². The fourth-order valence-electron chi connectivity index (χ4n) is 1.97. The molecule has 86 valence electrons. The predicted molar refractivity (Wildman–Crippen MR) is 65.0 cm³/mol. The van der Waals surface area contributed by atoms with Gasteiger partial charge in [0.2, 0.25) is 0 Å². The van der Waals surface area contributed by atoms with Gasteiger partial charge >= 0.3 is 0 Å². The van der Waals surface area contributed by atoms with E-state index in [1.165, 1.54) is 6.07 Å². The minimum Gasteiger partial charge on any atom is -0.358 e. The Kier molecular flexibility index (Phi) is 2.97. The number of aryl methyl sites for hydroxylation is 1. The number of halogens is 1. The monoisotopic (exact) mass is 220 g/mol. The summed E-state index contributed by atoms with van der Waals surface area (Å²) >= 11 is 0. The van der Waals surface area contributed by atoms with Gasteiger partial charge in [0, 0.05) is 29.1 Å². The largest absolute Gasteiger partial charge is 0.358 e. The van der Waals surface area contributed by atoms with E-state index >= 15 is 0 Å². The van der Waals surface area contributed by atoms with Gasteiger partial charge in [-0.3, -0.25) is 0 Å². The maximum Gasteiger partial charge on any atom is 0.123 e. The molecule has 1 aromatic carbocycles. The number of benzene rings is 1. The molecule has 2 aromatic rings. The van der Waals surface area contributed by atoms with Crippen molar-refractivity contribution in [3.05, 3.63) is 35.3 Å². The summed E-state index contributed by atoms with van der Waals surface area (Å²) in [6.07, 6.45) is 1.77. The fraction of sp³-hybridized carbons (Fsp3) is 0.385. The number of nitrogens with one attached hydrogen (secondary N) is 1. The maximum absolute atomic E-state index is 13.1. The second-order valence-corrected chi connectivity index (χ2v) is 4.29. The maximum atomic E-state index is 13.1. The lowest BCUT2D eigenvalue weighted by molar-refractivity contribution is 0.629. The number of aromatic amines is 1. The number of nitrogens with two attached hydrogens (primary N) is 1. The van der Waals surface area contributed by atoms with Gasteiger partial charge in [0.1, 0.15) is 5.82 Å². The van der Waals surface area contributed by atoms with Crippen LogP contribution in [0.1, 0.15) is 24.6 Å². The second kappa shape index (κ2) is 4.26. The van der Waals surface area contributed by atoms with Crippen LogP contribution in [0.15, 0.2) is 18.2 Å². The molecular weight excluding hydrogens is 203 g/mol. The highest BCUT2D eigenvalue weighted by Gasteiger charge is 2.10. The molecule has 0 bridgehead atoms. The molecule has 0 saturated carbocycles. The number of rotatable bonds is 3. The minimum atomic E-state index is -0.194. The van der Waals surface area contributed by atoms with Gasteiger partial charge in [0.05, 0.1) is 0 Å². The van der Waals surface area contributed by atoms with E-state index < -0.39 is 0 Å². The lowest BCUT2D eigenvalue weighted by Crippen LogP contribution is -2.21. The molecule has 1 atom stereocenters. The molecule has 2 rings (SSSR count). The van der Waals surface area contributed by atoms with Crippen LogP contribution in [-0.2, 0) is 6.42 Å². The van der Waals surface area contributed by atoms with E-state index in [0.29, 0.717) is 0 Å². The van der Waals surface area contributed by atoms with E-state index in [2.05, 4.69) is 11.9 Å². The van der Waals surface area contributed by atoms with Gasteiger partial charge < -0.3 is 10.7 Å². The van der Waals surface area contributed by atoms with Crippen molar-refractivity contribution >= 4 is 10.9 Å². The van der Waals surface area contributed by atoms with Crippen molar-refractivity contribution in [2.45, 2.75) is 32.7 Å². The first-order valence-corrected chi connectivity index (χ1v) is 5.64. The quantitative estimate of drug-likeness (QED) is 0.820. The van der Waals surface area contributed by atoms with E-state index in [1.54, 1.807) is 12.1 Å². The first-order chi connectivity index (χ1) is 7.61. The molecule has 2 nitrogen and oxygen atoms in total. The third-order valence-corrected chi connectivity index (χ3v) is 3.11. The topological polar surface area (TPSA) is 41.8 Å². The number of hydrogen-bond acceptors (Lipinski definition) is 1. The smallest absolute Gasteiger partial charge is 0.123 e. The Morgan fingerprint density at radius 3 is 2.88 bits per heavy atom. The summed E-state index contributed by atoms with van der Waals surface area (Å²) in [7, 11) is 0. The third-order valence-electron chi connectivity index (χ3n) is 3.11. The summed E-state index contributed by atoms with van der Waals surface area (Å²) in [4.78, 5) is 3.31. The average molecular weight is 220 g/mol. The standard InChI is InChI=1S/C13H17FN2/c1-3-10(15)7-13-8(2)11-6-9(14)4-5-12(11)16-13/h4-6,10,16H,3,7,15H2,1-2H3. The van der Waals surface area contributed by atoms with Gasteiger partial charge in [-0.25, -0.2) is 4.39 Å². The Bertz CT molecular complexity index is 502. The van der Waals surface area contributed by atoms with Gasteiger partial charge in [0.25, 0.3) is 0 Å². The van der Waals surface area contributed by atoms with Crippen molar-refractivity contribution in [3.8, 4) is 0 Å². The molecule has 1 unspecified atom stereocenters. The highest BCUT2D eigenvalue weighted by atomic mass is 19.1. The molecule has 1 aromatic heterocycles. The molecule has 0 radical (unpaired) electrons. The summed E-state index contributed by atoms with van der Waals surface area (Å²) in [6, 6.07) is 4.99. The Morgan fingerprint density at radius 2 is 2.19 bits per heavy atom. The predicted octanol–water partition coefficient (Wildman–Crippen LogP) is 2.90. The van der Waals surface area contributed by atoms with Gasteiger partial charge in [0.15, 0.2) is 0 Å². The van der Waals surface area contributed by atoms with Gasteiger partial charge in [-0.15, -0.1) is 0 Å². The summed E-state index contributed by atoms with van der Waals surface area (Å²) in [5, 5.41) is 0.957. The molecular formula is C13H17FN2. The van der Waals surface area contributed by atoms with Crippen molar-refractivity contribution in [2.24, 2.45) is 5.73 Å². The van der Waals surface area contributed by atoms with Crippen molar-refractivity contribution in [1.82, 2.24) is 4.98 Å². The van der Waals surface area contributed by atoms with E-state index in [1.807, 2.05) is 6.92 Å². The number of fused-ring (bicyclic) bond motifs is 1. The average Bonchev–Trinajstić information content (AvgIpc) is 2.56. The molecule has 0 aliphatic heterocycles. The van der Waals surface area contributed by atoms with Crippen LogP contribution in [0, 0.1) is 12.7 Å². The molecule has 3 heteroatoms. The first kappa shape index (κ1) is 11.1. The summed E-state index contributed by atoms with van der Waals surface area (Å²) in [5.74, 6) is -0.194. The van der Waals surface area contributed by atoms with E-state index in [0.717, 1.165) is 35.0 Å². The molecule has 0 aliphatic rings. The van der Waals surface area contributed by atoms with Crippen molar-refractivity contribution in [3.63, 3.8) is 0 Å². The van der Waals surface area contributed by atoms with E-state index in [9.17, 15) is 4.39 Å². The van der Waals surface area contributed by atoms with Crippen LogP contribution in [0.4, 0.5) is 4.39 Å². The normalized spacial score (nSPS) is 13.2. The van der Waals surface area contributed by atoms with Crippen LogP contribution in [0.5, 0.6) is 0 Å². The molecule has 0 spiro atoms. The first-order valence-electron chi connectivity index (χ1n) is 5.64. The zero-order valence-electron chi connectivity index (χ0n) is 9.68. The fourth-order valence-corrected chi connectivity index (χ4v) is 1.97. The SMILES string of the molecule is CCC(N)Cc1[nH]c2ccc(F)cc2c1C. The number of aromatic nitrogens is 1. The van der Waals surface area contributed by atoms with E-state index in [-0.39, 0.29) is 11.9 Å². The van der Waals surface area contributed by atoms with Crippen LogP contribution in [0.3, 0.4) is 0 Å². The Balaban J connectivity index is 2.44. The minimum absolute atomic E-state index is 0.164. The second-order valence-electron chi connectivity index (χ2n) is 4.29. The van der Waals surface area contributed by atoms with Crippen molar-refractivity contribution in [1.29, 1.82) is 0 Å². The van der Waals surface area contributed by atoms with Crippen LogP contribution < -0.4 is 5.73 Å². The third kappa shape index (κ3) is 1.95. The molecule has 0 fully saturated rings. The van der Waals surface area contributed by atoms with Crippen molar-refractivity contribution < 1.29 is 4.39 Å². The van der Waals surface area contributed by atoms with Crippen LogP contribution in [-0.4, -0.2) is 11.0 Å². The highest BCUT2D eigenvalue weighted by molar-refractivity contribution is 5.84. The van der Waals surface area contributed by atoms with E-state index in [4.69, 9.17) is 5.73 Å².